The van der Waals surface area contributed by atoms with E-state index in [2.05, 4.69) is 0 Å². The van der Waals surface area contributed by atoms with E-state index in [0.717, 1.165) is 12.1 Å². The van der Waals surface area contributed by atoms with Crippen LogP contribution in [0.2, 0.25) is 0 Å². The van der Waals surface area contributed by atoms with E-state index >= 15 is 0 Å². The average Bonchev–Trinajstić information content (AvgIpc) is 2.59. The summed E-state index contributed by atoms with van der Waals surface area (Å²) < 4.78 is 54.3. The number of halogens is 3. The van der Waals surface area contributed by atoms with Gasteiger partial charge < -0.3 is 14.2 Å². The molecule has 0 bridgehead atoms. The van der Waals surface area contributed by atoms with Gasteiger partial charge in [-0.05, 0) is 69.7 Å². The standard InChI is InChI=1S/C22H25F3O4/c1-15(2)28-20(26)13-21(3,4)29-19-11-9-18(10-12-19)27-14-16-5-7-17(8-6-16)22(23,24)25/h5-12,15H,13-14H2,1-4H3. The van der Waals surface area contributed by atoms with Gasteiger partial charge in [-0.25, -0.2) is 0 Å². The molecule has 0 heterocycles. The lowest BCUT2D eigenvalue weighted by Gasteiger charge is -2.26. The molecule has 0 aliphatic heterocycles. The first-order valence-electron chi connectivity index (χ1n) is 9.22. The molecule has 0 aromatic heterocycles. The van der Waals surface area contributed by atoms with Crippen LogP contribution in [-0.2, 0) is 22.3 Å². The molecule has 2 aromatic carbocycles. The summed E-state index contributed by atoms with van der Waals surface area (Å²) >= 11 is 0. The van der Waals surface area contributed by atoms with Crippen molar-refractivity contribution >= 4 is 5.97 Å². The Labute approximate surface area is 168 Å². The minimum absolute atomic E-state index is 0.108. The van der Waals surface area contributed by atoms with Crippen LogP contribution in [0, 0.1) is 0 Å². The molecular formula is C22H25F3O4. The molecule has 0 amide bonds. The number of ether oxygens (including phenoxy) is 3. The molecule has 29 heavy (non-hydrogen) atoms. The van der Waals surface area contributed by atoms with Crippen molar-refractivity contribution in [3.8, 4) is 11.5 Å². The first kappa shape index (κ1) is 22.6. The SMILES string of the molecule is CC(C)OC(=O)CC(C)(C)Oc1ccc(OCc2ccc(C(F)(F)F)cc2)cc1. The summed E-state index contributed by atoms with van der Waals surface area (Å²) in [5.41, 5.74) is -0.806. The molecule has 0 N–H and O–H groups in total. The van der Waals surface area contributed by atoms with Crippen LogP contribution >= 0.6 is 0 Å². The Kier molecular flexibility index (Phi) is 7.16. The van der Waals surface area contributed by atoms with Gasteiger partial charge in [0.1, 0.15) is 23.7 Å². The predicted octanol–water partition coefficient (Wildman–Crippen LogP) is 5.78. The lowest BCUT2D eigenvalue weighted by Crippen LogP contribution is -2.32. The third-order valence-corrected chi connectivity index (χ3v) is 3.84. The first-order chi connectivity index (χ1) is 13.4. The quantitative estimate of drug-likeness (QED) is 0.517. The van der Waals surface area contributed by atoms with Crippen LogP contribution in [0.25, 0.3) is 0 Å². The lowest BCUT2D eigenvalue weighted by atomic mass is 10.1. The first-order valence-corrected chi connectivity index (χ1v) is 9.22. The number of benzene rings is 2. The van der Waals surface area contributed by atoms with Crippen molar-refractivity contribution in [1.82, 2.24) is 0 Å². The number of esters is 1. The topological polar surface area (TPSA) is 44.8 Å². The molecule has 7 heteroatoms. The van der Waals surface area contributed by atoms with Crippen molar-refractivity contribution in [3.05, 3.63) is 59.7 Å². The highest BCUT2D eigenvalue weighted by atomic mass is 19.4. The van der Waals surface area contributed by atoms with Crippen LogP contribution in [0.1, 0.15) is 45.2 Å². The van der Waals surface area contributed by atoms with E-state index in [1.165, 1.54) is 12.1 Å². The molecule has 0 radical (unpaired) electrons. The van der Waals surface area contributed by atoms with E-state index in [4.69, 9.17) is 14.2 Å². The molecule has 0 saturated heterocycles. The zero-order valence-corrected chi connectivity index (χ0v) is 16.9. The fourth-order valence-corrected chi connectivity index (χ4v) is 2.57. The van der Waals surface area contributed by atoms with Crippen LogP contribution in [0.3, 0.4) is 0 Å². The van der Waals surface area contributed by atoms with E-state index < -0.39 is 17.3 Å². The Morgan fingerprint density at radius 2 is 1.48 bits per heavy atom. The number of rotatable bonds is 8. The van der Waals surface area contributed by atoms with E-state index in [0.29, 0.717) is 17.1 Å². The van der Waals surface area contributed by atoms with E-state index in [1.807, 2.05) is 0 Å². The number of carbonyl (C=O) groups is 1. The smallest absolute Gasteiger partial charge is 0.416 e. The van der Waals surface area contributed by atoms with Crippen LogP contribution in [0.5, 0.6) is 11.5 Å². The number of hydrogen-bond acceptors (Lipinski definition) is 4. The van der Waals surface area contributed by atoms with Gasteiger partial charge in [0.15, 0.2) is 0 Å². The molecule has 0 fully saturated rings. The number of carbonyl (C=O) groups excluding carboxylic acids is 1. The third kappa shape index (κ3) is 7.68. The van der Waals surface area contributed by atoms with Crippen molar-refractivity contribution in [2.24, 2.45) is 0 Å². The average molecular weight is 410 g/mol. The summed E-state index contributed by atoms with van der Waals surface area (Å²) in [7, 11) is 0. The van der Waals surface area contributed by atoms with Gasteiger partial charge in [-0.15, -0.1) is 0 Å². The maximum Gasteiger partial charge on any atom is 0.416 e. The van der Waals surface area contributed by atoms with Crippen LogP contribution in [0.15, 0.2) is 48.5 Å². The number of hydrogen-bond donors (Lipinski definition) is 0. The lowest BCUT2D eigenvalue weighted by molar-refractivity contribution is -0.151. The Morgan fingerprint density at radius 1 is 0.931 bits per heavy atom. The molecular weight excluding hydrogens is 385 g/mol. The highest BCUT2D eigenvalue weighted by Crippen LogP contribution is 2.29. The van der Waals surface area contributed by atoms with Crippen LogP contribution in [0.4, 0.5) is 13.2 Å². The Balaban J connectivity index is 1.89. The monoisotopic (exact) mass is 410 g/mol. The summed E-state index contributed by atoms with van der Waals surface area (Å²) in [6.45, 7) is 7.31. The zero-order chi connectivity index (χ0) is 21.7. The second kappa shape index (κ2) is 9.20. The summed E-state index contributed by atoms with van der Waals surface area (Å²) in [4.78, 5) is 11.8. The zero-order valence-electron chi connectivity index (χ0n) is 16.9. The van der Waals surface area contributed by atoms with Crippen LogP contribution < -0.4 is 9.47 Å². The summed E-state index contributed by atoms with van der Waals surface area (Å²) in [6, 6.07) is 11.6. The Morgan fingerprint density at radius 3 is 2.00 bits per heavy atom. The molecule has 0 spiro atoms. The molecule has 2 rings (SSSR count). The normalized spacial score (nSPS) is 12.0. The maximum absolute atomic E-state index is 12.6. The third-order valence-electron chi connectivity index (χ3n) is 3.84. The fraction of sp³-hybridized carbons (Fsp3) is 0.409. The Hall–Kier alpha value is -2.70. The molecule has 0 atom stereocenters. The molecule has 0 aliphatic rings. The van der Waals surface area contributed by atoms with E-state index in [1.54, 1.807) is 52.0 Å². The Bertz CT molecular complexity index is 794. The number of alkyl halides is 3. The van der Waals surface area contributed by atoms with E-state index in [9.17, 15) is 18.0 Å². The van der Waals surface area contributed by atoms with Gasteiger partial charge in [-0.1, -0.05) is 12.1 Å². The van der Waals surface area contributed by atoms with Gasteiger partial charge in [-0.3, -0.25) is 4.79 Å². The van der Waals surface area contributed by atoms with Gasteiger partial charge in [0, 0.05) is 0 Å². The summed E-state index contributed by atoms with van der Waals surface area (Å²) in [6.07, 6.45) is -4.43. The van der Waals surface area contributed by atoms with Crippen molar-refractivity contribution < 1.29 is 32.2 Å². The molecule has 158 valence electrons. The summed E-state index contributed by atoms with van der Waals surface area (Å²) in [5.74, 6) is 0.782. The highest BCUT2D eigenvalue weighted by molar-refractivity contribution is 5.70. The van der Waals surface area contributed by atoms with E-state index in [-0.39, 0.29) is 25.1 Å². The predicted molar refractivity (Wildman–Crippen MR) is 103 cm³/mol. The van der Waals surface area contributed by atoms with Crippen LogP contribution in [-0.4, -0.2) is 17.7 Å². The van der Waals surface area contributed by atoms with Crippen molar-refractivity contribution in [3.63, 3.8) is 0 Å². The fourth-order valence-electron chi connectivity index (χ4n) is 2.57. The second-order valence-electron chi connectivity index (χ2n) is 7.53. The molecule has 0 unspecified atom stereocenters. The van der Waals surface area contributed by atoms with Crippen molar-refractivity contribution in [2.75, 3.05) is 0 Å². The van der Waals surface area contributed by atoms with Crippen molar-refractivity contribution in [1.29, 1.82) is 0 Å². The van der Waals surface area contributed by atoms with Gasteiger partial charge in [0.05, 0.1) is 18.1 Å². The van der Waals surface area contributed by atoms with Gasteiger partial charge in [0.2, 0.25) is 0 Å². The van der Waals surface area contributed by atoms with Gasteiger partial charge >= 0.3 is 12.1 Å². The largest absolute Gasteiger partial charge is 0.489 e. The minimum Gasteiger partial charge on any atom is -0.489 e. The summed E-state index contributed by atoms with van der Waals surface area (Å²) in [5, 5.41) is 0. The highest BCUT2D eigenvalue weighted by Gasteiger charge is 2.30. The van der Waals surface area contributed by atoms with Gasteiger partial charge in [0.25, 0.3) is 0 Å². The molecule has 4 nitrogen and oxygen atoms in total. The second-order valence-corrected chi connectivity index (χ2v) is 7.53. The molecule has 2 aromatic rings. The molecule has 0 saturated carbocycles. The van der Waals surface area contributed by atoms with Crippen molar-refractivity contribution in [2.45, 2.75) is 58.6 Å². The minimum atomic E-state index is -4.35. The maximum atomic E-state index is 12.6. The van der Waals surface area contributed by atoms with Gasteiger partial charge in [-0.2, -0.15) is 13.2 Å². The molecule has 0 aliphatic carbocycles.